The smallest absolute Gasteiger partial charge is 0.0812 e. The van der Waals surface area contributed by atoms with Gasteiger partial charge in [-0.3, -0.25) is 0 Å². The van der Waals surface area contributed by atoms with E-state index in [-0.39, 0.29) is 0 Å². The third kappa shape index (κ3) is 2.96. The molecule has 0 N–H and O–H groups in total. The fourth-order valence-electron chi connectivity index (χ4n) is 2.47. The second-order valence-electron chi connectivity index (χ2n) is 4.31. The first-order valence-electron chi connectivity index (χ1n) is 5.64. The first-order chi connectivity index (χ1) is 6.45. The maximum atomic E-state index is 5.66. The highest BCUT2D eigenvalue weighted by atomic mass is 16.6. The molecule has 2 rings (SSSR count). The summed E-state index contributed by atoms with van der Waals surface area (Å²) in [4.78, 5) is 0. The predicted molar refractivity (Wildman–Crippen MR) is 51.8 cm³/mol. The van der Waals surface area contributed by atoms with Crippen molar-refractivity contribution in [2.75, 3.05) is 19.8 Å². The molecule has 0 spiro atoms. The normalized spacial score (nSPS) is 31.8. The molecule has 0 aromatic heterocycles. The fourth-order valence-corrected chi connectivity index (χ4v) is 2.47. The van der Waals surface area contributed by atoms with Crippen LogP contribution in [0, 0.1) is 5.92 Å². The van der Waals surface area contributed by atoms with Crippen molar-refractivity contribution in [3.8, 4) is 0 Å². The molecule has 2 nitrogen and oxygen atoms in total. The second-order valence-corrected chi connectivity index (χ2v) is 4.31. The van der Waals surface area contributed by atoms with Gasteiger partial charge >= 0.3 is 0 Å². The van der Waals surface area contributed by atoms with Crippen LogP contribution in [0.4, 0.5) is 0 Å². The molecule has 1 unspecified atom stereocenters. The van der Waals surface area contributed by atoms with Crippen LogP contribution in [0.25, 0.3) is 0 Å². The zero-order valence-corrected chi connectivity index (χ0v) is 8.34. The van der Waals surface area contributed by atoms with Crippen molar-refractivity contribution >= 4 is 0 Å². The van der Waals surface area contributed by atoms with Crippen molar-refractivity contribution in [1.82, 2.24) is 0 Å². The highest BCUT2D eigenvalue weighted by Crippen LogP contribution is 2.28. The Hall–Kier alpha value is -0.0800. The van der Waals surface area contributed by atoms with Gasteiger partial charge in [-0.15, -0.1) is 0 Å². The zero-order chi connectivity index (χ0) is 8.93. The molecule has 1 atom stereocenters. The van der Waals surface area contributed by atoms with E-state index in [1.807, 2.05) is 0 Å². The van der Waals surface area contributed by atoms with Crippen molar-refractivity contribution in [2.24, 2.45) is 5.92 Å². The molecule has 1 heterocycles. The van der Waals surface area contributed by atoms with E-state index in [1.165, 1.54) is 38.5 Å². The van der Waals surface area contributed by atoms with Crippen molar-refractivity contribution < 1.29 is 9.47 Å². The van der Waals surface area contributed by atoms with E-state index in [0.29, 0.717) is 6.10 Å². The van der Waals surface area contributed by atoms with Crippen LogP contribution in [0.1, 0.15) is 38.5 Å². The van der Waals surface area contributed by atoms with Gasteiger partial charge in [0.15, 0.2) is 0 Å². The third-order valence-electron chi connectivity index (χ3n) is 3.21. The number of hydrogen-bond acceptors (Lipinski definition) is 2. The number of ether oxygens (including phenoxy) is 2. The van der Waals surface area contributed by atoms with Gasteiger partial charge in [0.1, 0.15) is 0 Å². The van der Waals surface area contributed by atoms with Crippen molar-refractivity contribution in [1.29, 1.82) is 0 Å². The maximum absolute atomic E-state index is 5.66. The Balaban J connectivity index is 1.69. The first kappa shape index (κ1) is 9.47. The Kier molecular flexibility index (Phi) is 3.62. The highest BCUT2D eigenvalue weighted by molar-refractivity contribution is 4.71. The van der Waals surface area contributed by atoms with Crippen LogP contribution in [0.15, 0.2) is 0 Å². The summed E-state index contributed by atoms with van der Waals surface area (Å²) in [6, 6.07) is 0. The van der Waals surface area contributed by atoms with Crippen LogP contribution < -0.4 is 0 Å². The van der Waals surface area contributed by atoms with Gasteiger partial charge in [0, 0.05) is 0 Å². The quantitative estimate of drug-likeness (QED) is 0.656. The molecule has 1 aliphatic carbocycles. The zero-order valence-electron chi connectivity index (χ0n) is 8.34. The van der Waals surface area contributed by atoms with Gasteiger partial charge < -0.3 is 9.47 Å². The Morgan fingerprint density at radius 2 is 1.85 bits per heavy atom. The van der Waals surface area contributed by atoms with Crippen molar-refractivity contribution in [3.63, 3.8) is 0 Å². The molecule has 1 saturated carbocycles. The van der Waals surface area contributed by atoms with E-state index in [1.54, 1.807) is 0 Å². The molecule has 0 aromatic rings. The van der Waals surface area contributed by atoms with Crippen LogP contribution in [0.2, 0.25) is 0 Å². The second kappa shape index (κ2) is 4.97. The standard InChI is InChI=1S/C11H20O2/c1-2-4-10(5-3-1)8-11-9-12-6-7-13-11/h10-11H,1-9H2. The predicted octanol–water partition coefficient (Wildman–Crippen LogP) is 2.37. The van der Waals surface area contributed by atoms with Crippen LogP contribution in [-0.2, 0) is 9.47 Å². The highest BCUT2D eigenvalue weighted by Gasteiger charge is 2.21. The maximum Gasteiger partial charge on any atom is 0.0812 e. The van der Waals surface area contributed by atoms with Gasteiger partial charge in [0.25, 0.3) is 0 Å². The summed E-state index contributed by atoms with van der Waals surface area (Å²) < 4.78 is 11.1. The van der Waals surface area contributed by atoms with Crippen LogP contribution >= 0.6 is 0 Å². The minimum absolute atomic E-state index is 0.400. The molecule has 0 aromatic carbocycles. The van der Waals surface area contributed by atoms with Crippen LogP contribution in [-0.4, -0.2) is 25.9 Å². The Morgan fingerprint density at radius 3 is 2.54 bits per heavy atom. The van der Waals surface area contributed by atoms with E-state index < -0.39 is 0 Å². The third-order valence-corrected chi connectivity index (χ3v) is 3.21. The van der Waals surface area contributed by atoms with E-state index >= 15 is 0 Å². The molecular formula is C11H20O2. The van der Waals surface area contributed by atoms with Crippen LogP contribution in [0.5, 0.6) is 0 Å². The molecule has 2 aliphatic rings. The molecule has 2 heteroatoms. The molecule has 76 valence electrons. The summed E-state index contributed by atoms with van der Waals surface area (Å²) >= 11 is 0. The molecule has 1 saturated heterocycles. The summed E-state index contributed by atoms with van der Waals surface area (Å²) in [5.74, 6) is 0.917. The van der Waals surface area contributed by atoms with Gasteiger partial charge in [-0.1, -0.05) is 32.1 Å². The minimum atomic E-state index is 0.400. The molecule has 0 bridgehead atoms. The molecule has 1 aliphatic heterocycles. The summed E-state index contributed by atoms with van der Waals surface area (Å²) in [7, 11) is 0. The first-order valence-corrected chi connectivity index (χ1v) is 5.64. The van der Waals surface area contributed by atoms with Gasteiger partial charge in [-0.25, -0.2) is 0 Å². The van der Waals surface area contributed by atoms with E-state index in [2.05, 4.69) is 0 Å². The van der Waals surface area contributed by atoms with Crippen molar-refractivity contribution in [2.45, 2.75) is 44.6 Å². The van der Waals surface area contributed by atoms with Gasteiger partial charge in [-0.05, 0) is 12.3 Å². The fraction of sp³-hybridized carbons (Fsp3) is 1.00. The summed E-state index contributed by atoms with van der Waals surface area (Å²) in [6.07, 6.45) is 8.77. The Bertz CT molecular complexity index is 119. The lowest BCUT2D eigenvalue weighted by molar-refractivity contribution is -0.0969. The molecule has 2 fully saturated rings. The summed E-state index contributed by atoms with van der Waals surface area (Å²) in [6.45, 7) is 2.43. The van der Waals surface area contributed by atoms with Gasteiger partial charge in [0.2, 0.25) is 0 Å². The van der Waals surface area contributed by atoms with Gasteiger partial charge in [-0.2, -0.15) is 0 Å². The average Bonchev–Trinajstić information content (AvgIpc) is 2.21. The Labute approximate surface area is 80.6 Å². The SMILES string of the molecule is C1CCC(CC2COCCO2)CC1. The van der Waals surface area contributed by atoms with Crippen molar-refractivity contribution in [3.05, 3.63) is 0 Å². The monoisotopic (exact) mass is 184 g/mol. The Morgan fingerprint density at radius 1 is 1.00 bits per heavy atom. The summed E-state index contributed by atoms with van der Waals surface area (Å²) in [5.41, 5.74) is 0. The minimum Gasteiger partial charge on any atom is -0.376 e. The summed E-state index contributed by atoms with van der Waals surface area (Å²) in [5, 5.41) is 0. The lowest BCUT2D eigenvalue weighted by Gasteiger charge is -2.28. The van der Waals surface area contributed by atoms with E-state index in [4.69, 9.17) is 9.47 Å². The molecular weight excluding hydrogens is 164 g/mol. The van der Waals surface area contributed by atoms with E-state index in [9.17, 15) is 0 Å². The molecule has 13 heavy (non-hydrogen) atoms. The molecule has 0 radical (unpaired) electrons. The molecule has 0 amide bonds. The average molecular weight is 184 g/mol. The lowest BCUT2D eigenvalue weighted by atomic mass is 9.85. The lowest BCUT2D eigenvalue weighted by Crippen LogP contribution is -2.30. The van der Waals surface area contributed by atoms with Gasteiger partial charge in [0.05, 0.1) is 25.9 Å². The topological polar surface area (TPSA) is 18.5 Å². The number of rotatable bonds is 2. The van der Waals surface area contributed by atoms with Crippen LogP contribution in [0.3, 0.4) is 0 Å². The van der Waals surface area contributed by atoms with E-state index in [0.717, 1.165) is 25.7 Å². The number of hydrogen-bond donors (Lipinski definition) is 0. The largest absolute Gasteiger partial charge is 0.376 e.